The number of amides is 2. The van der Waals surface area contributed by atoms with E-state index < -0.39 is 12.5 Å². The summed E-state index contributed by atoms with van der Waals surface area (Å²) in [5, 5.41) is 8.28. The Hall–Kier alpha value is -1.16. The van der Waals surface area contributed by atoms with Crippen LogP contribution in [0.3, 0.4) is 0 Å². The average molecular weight is 143 g/mol. The smallest absolute Gasteiger partial charge is 0.254 e. The molecule has 0 spiro atoms. The van der Waals surface area contributed by atoms with E-state index in [0.717, 1.165) is 4.90 Å². The van der Waals surface area contributed by atoms with E-state index >= 15 is 0 Å². The molecular formula is C6H9NO3. The van der Waals surface area contributed by atoms with Crippen LogP contribution in [0.15, 0.2) is 12.7 Å². The Labute approximate surface area is 58.8 Å². The first kappa shape index (κ1) is 8.84. The Balaban J connectivity index is 3.91. The zero-order chi connectivity index (χ0) is 7.98. The van der Waals surface area contributed by atoms with E-state index in [1.165, 1.54) is 6.08 Å². The molecule has 10 heavy (non-hydrogen) atoms. The van der Waals surface area contributed by atoms with Gasteiger partial charge >= 0.3 is 0 Å². The van der Waals surface area contributed by atoms with Crippen molar-refractivity contribution in [2.45, 2.75) is 0 Å². The molecule has 1 N–H and O–H groups in total. The first-order valence-corrected chi connectivity index (χ1v) is 2.72. The summed E-state index contributed by atoms with van der Waals surface area (Å²) in [7, 11) is 0. The molecule has 0 fully saturated rings. The number of aliphatic hydroxyl groups excluding tert-OH is 1. The lowest BCUT2D eigenvalue weighted by Gasteiger charge is -2.09. The van der Waals surface area contributed by atoms with Crippen molar-refractivity contribution in [1.29, 1.82) is 0 Å². The van der Waals surface area contributed by atoms with Crippen LogP contribution < -0.4 is 0 Å². The summed E-state index contributed by atoms with van der Waals surface area (Å²) >= 11 is 0. The second-order valence-corrected chi connectivity index (χ2v) is 1.60. The van der Waals surface area contributed by atoms with E-state index in [9.17, 15) is 9.59 Å². The number of carbonyl (C=O) groups excluding carboxylic acids is 2. The second-order valence-electron chi connectivity index (χ2n) is 1.60. The maximum atomic E-state index is 10.5. The first-order chi connectivity index (χ1) is 4.76. The van der Waals surface area contributed by atoms with Crippen LogP contribution in [0.25, 0.3) is 0 Å². The summed E-state index contributed by atoms with van der Waals surface area (Å²) < 4.78 is 0. The molecule has 0 saturated carbocycles. The van der Waals surface area contributed by atoms with Crippen LogP contribution in [-0.4, -0.2) is 35.5 Å². The van der Waals surface area contributed by atoms with Crippen LogP contribution in [0.4, 0.5) is 0 Å². The first-order valence-electron chi connectivity index (χ1n) is 2.72. The van der Waals surface area contributed by atoms with Crippen LogP contribution >= 0.6 is 0 Å². The van der Waals surface area contributed by atoms with Gasteiger partial charge in [0.2, 0.25) is 6.41 Å². The molecule has 0 heterocycles. The van der Waals surface area contributed by atoms with E-state index in [1.54, 1.807) is 0 Å². The van der Waals surface area contributed by atoms with Crippen molar-refractivity contribution in [2.75, 3.05) is 13.2 Å². The van der Waals surface area contributed by atoms with Crippen molar-refractivity contribution in [3.8, 4) is 0 Å². The number of imide groups is 1. The van der Waals surface area contributed by atoms with Gasteiger partial charge in [0.25, 0.3) is 5.91 Å². The number of aliphatic hydroxyl groups is 1. The number of hydrogen-bond acceptors (Lipinski definition) is 3. The van der Waals surface area contributed by atoms with E-state index in [2.05, 4.69) is 6.58 Å². The van der Waals surface area contributed by atoms with Gasteiger partial charge in [-0.15, -0.1) is 6.58 Å². The highest BCUT2D eigenvalue weighted by atomic mass is 16.3. The highest BCUT2D eigenvalue weighted by Crippen LogP contribution is 1.83. The number of rotatable bonds is 4. The normalized spacial score (nSPS) is 8.50. The highest BCUT2D eigenvalue weighted by molar-refractivity contribution is 5.86. The Morgan fingerprint density at radius 3 is 2.60 bits per heavy atom. The van der Waals surface area contributed by atoms with E-state index in [1.807, 2.05) is 0 Å². The molecule has 0 aliphatic heterocycles. The predicted octanol–water partition coefficient (Wildman–Crippen LogP) is -0.850. The van der Waals surface area contributed by atoms with Gasteiger partial charge < -0.3 is 5.11 Å². The SMILES string of the molecule is C=CCN(C=O)C(=O)CO. The number of carbonyl (C=O) groups is 2. The molecule has 56 valence electrons. The van der Waals surface area contributed by atoms with Crippen molar-refractivity contribution in [3.63, 3.8) is 0 Å². The molecule has 0 aliphatic rings. The molecule has 0 atom stereocenters. The van der Waals surface area contributed by atoms with Gasteiger partial charge in [-0.05, 0) is 0 Å². The lowest BCUT2D eigenvalue weighted by atomic mass is 10.5. The van der Waals surface area contributed by atoms with Crippen LogP contribution in [0.1, 0.15) is 0 Å². The Bertz CT molecular complexity index is 144. The molecule has 0 unspecified atom stereocenters. The summed E-state index contributed by atoms with van der Waals surface area (Å²) in [4.78, 5) is 21.4. The molecule has 0 aromatic rings. The monoisotopic (exact) mass is 143 g/mol. The second kappa shape index (κ2) is 4.69. The highest BCUT2D eigenvalue weighted by Gasteiger charge is 2.07. The molecule has 0 saturated heterocycles. The number of nitrogens with zero attached hydrogens (tertiary/aromatic N) is 1. The molecule has 0 aromatic heterocycles. The summed E-state index contributed by atoms with van der Waals surface area (Å²) in [6, 6.07) is 0. The number of hydrogen-bond donors (Lipinski definition) is 1. The van der Waals surface area contributed by atoms with Crippen LogP contribution in [-0.2, 0) is 9.59 Å². The molecule has 2 amide bonds. The third kappa shape index (κ3) is 2.41. The largest absolute Gasteiger partial charge is 0.387 e. The predicted molar refractivity (Wildman–Crippen MR) is 35.1 cm³/mol. The zero-order valence-electron chi connectivity index (χ0n) is 5.49. The van der Waals surface area contributed by atoms with E-state index in [0.29, 0.717) is 6.41 Å². The molecule has 0 radical (unpaired) electrons. The van der Waals surface area contributed by atoms with Gasteiger partial charge in [0, 0.05) is 6.54 Å². The molecular weight excluding hydrogens is 134 g/mol. The summed E-state index contributed by atoms with van der Waals surface area (Å²) in [6.07, 6.45) is 1.77. The van der Waals surface area contributed by atoms with Gasteiger partial charge in [-0.3, -0.25) is 14.5 Å². The molecule has 0 aliphatic carbocycles. The summed E-state index contributed by atoms with van der Waals surface area (Å²) in [5.41, 5.74) is 0. The van der Waals surface area contributed by atoms with Gasteiger partial charge in [-0.25, -0.2) is 0 Å². The lowest BCUT2D eigenvalue weighted by molar-refractivity contribution is -0.139. The zero-order valence-corrected chi connectivity index (χ0v) is 5.49. The fourth-order valence-corrected chi connectivity index (χ4v) is 0.434. The van der Waals surface area contributed by atoms with Crippen LogP contribution in [0, 0.1) is 0 Å². The minimum absolute atomic E-state index is 0.142. The lowest BCUT2D eigenvalue weighted by Crippen LogP contribution is -2.31. The maximum absolute atomic E-state index is 10.5. The molecule has 0 rings (SSSR count). The molecule has 0 aromatic carbocycles. The summed E-state index contributed by atoms with van der Waals surface area (Å²) in [6.45, 7) is 2.83. The maximum Gasteiger partial charge on any atom is 0.254 e. The van der Waals surface area contributed by atoms with Crippen molar-refractivity contribution in [2.24, 2.45) is 0 Å². The van der Waals surface area contributed by atoms with Crippen molar-refractivity contribution in [1.82, 2.24) is 4.90 Å². The topological polar surface area (TPSA) is 57.6 Å². The van der Waals surface area contributed by atoms with E-state index in [4.69, 9.17) is 5.11 Å². The third-order valence-corrected chi connectivity index (χ3v) is 0.909. The third-order valence-electron chi connectivity index (χ3n) is 0.909. The minimum Gasteiger partial charge on any atom is -0.387 e. The average Bonchev–Trinajstić information content (AvgIpc) is 1.99. The van der Waals surface area contributed by atoms with Gasteiger partial charge in [0.05, 0.1) is 0 Å². The van der Waals surface area contributed by atoms with Crippen molar-refractivity contribution < 1.29 is 14.7 Å². The fourth-order valence-electron chi connectivity index (χ4n) is 0.434. The Morgan fingerprint density at radius 2 is 2.30 bits per heavy atom. The van der Waals surface area contributed by atoms with Gasteiger partial charge in [-0.1, -0.05) is 6.08 Å². The Kier molecular flexibility index (Phi) is 4.15. The fraction of sp³-hybridized carbons (Fsp3) is 0.333. The summed E-state index contributed by atoms with van der Waals surface area (Å²) in [5.74, 6) is -0.616. The Morgan fingerprint density at radius 1 is 1.70 bits per heavy atom. The standard InChI is InChI=1S/C6H9NO3/c1-2-3-7(5-9)6(10)4-8/h2,5,8H,1,3-4H2. The van der Waals surface area contributed by atoms with Gasteiger partial charge in [0.15, 0.2) is 0 Å². The molecule has 0 bridgehead atoms. The quantitative estimate of drug-likeness (QED) is 0.412. The molecule has 4 nitrogen and oxygen atoms in total. The van der Waals surface area contributed by atoms with E-state index in [-0.39, 0.29) is 6.54 Å². The van der Waals surface area contributed by atoms with Crippen LogP contribution in [0.5, 0.6) is 0 Å². The van der Waals surface area contributed by atoms with Crippen molar-refractivity contribution >= 4 is 12.3 Å². The van der Waals surface area contributed by atoms with Gasteiger partial charge in [-0.2, -0.15) is 0 Å². The van der Waals surface area contributed by atoms with Crippen LogP contribution in [0.2, 0.25) is 0 Å². The molecule has 4 heteroatoms. The van der Waals surface area contributed by atoms with Gasteiger partial charge in [0.1, 0.15) is 6.61 Å². The van der Waals surface area contributed by atoms with Crippen molar-refractivity contribution in [3.05, 3.63) is 12.7 Å². The minimum atomic E-state index is -0.646.